The van der Waals surface area contributed by atoms with E-state index >= 15 is 0 Å². The van der Waals surface area contributed by atoms with Gasteiger partial charge < -0.3 is 5.73 Å². The number of nitrogens with zero attached hydrogens (tertiary/aromatic N) is 2. The molecule has 0 saturated carbocycles. The number of hydrogen-bond acceptors (Lipinski definition) is 3. The van der Waals surface area contributed by atoms with E-state index in [-0.39, 0.29) is 5.57 Å². The zero-order valence-electron chi connectivity index (χ0n) is 8.92. The van der Waals surface area contributed by atoms with Crippen molar-refractivity contribution in [2.24, 2.45) is 5.73 Å². The Morgan fingerprint density at radius 1 is 1.41 bits per heavy atom. The van der Waals surface area contributed by atoms with Crippen LogP contribution in [0.1, 0.15) is 5.56 Å². The van der Waals surface area contributed by atoms with E-state index in [9.17, 15) is 4.79 Å². The molecule has 0 radical (unpaired) electrons. The number of carbonyl (C=O) groups excluding carboxylic acids is 1. The van der Waals surface area contributed by atoms with E-state index < -0.39 is 5.91 Å². The monoisotopic (exact) mass is 223 g/mol. The number of amides is 1. The smallest absolute Gasteiger partial charge is 0.259 e. The quantitative estimate of drug-likeness (QED) is 0.620. The third-order valence-corrected chi connectivity index (χ3v) is 2.40. The second-order valence-corrected chi connectivity index (χ2v) is 3.48. The average molecular weight is 223 g/mol. The molecule has 2 rings (SSSR count). The number of benzene rings is 1. The van der Waals surface area contributed by atoms with Gasteiger partial charge >= 0.3 is 0 Å². The van der Waals surface area contributed by atoms with Crippen LogP contribution < -0.4 is 5.73 Å². The first-order valence-electron chi connectivity index (χ1n) is 4.96. The Bertz CT molecular complexity index is 648. The maximum absolute atomic E-state index is 11.0. The van der Waals surface area contributed by atoms with E-state index in [1.165, 1.54) is 6.08 Å². The van der Waals surface area contributed by atoms with Crippen molar-refractivity contribution in [2.45, 2.75) is 0 Å². The van der Waals surface area contributed by atoms with Crippen molar-refractivity contribution in [3.63, 3.8) is 0 Å². The van der Waals surface area contributed by atoms with E-state index in [4.69, 9.17) is 11.0 Å². The summed E-state index contributed by atoms with van der Waals surface area (Å²) >= 11 is 0. The van der Waals surface area contributed by atoms with E-state index in [0.717, 1.165) is 16.3 Å². The summed E-state index contributed by atoms with van der Waals surface area (Å²) in [5, 5.41) is 10.7. The summed E-state index contributed by atoms with van der Waals surface area (Å²) < 4.78 is 0. The van der Waals surface area contributed by atoms with Gasteiger partial charge in [-0.15, -0.1) is 0 Å². The van der Waals surface area contributed by atoms with Crippen LogP contribution in [-0.4, -0.2) is 10.9 Å². The third-order valence-electron chi connectivity index (χ3n) is 2.40. The van der Waals surface area contributed by atoms with Crippen LogP contribution >= 0.6 is 0 Å². The third kappa shape index (κ3) is 2.13. The van der Waals surface area contributed by atoms with Crippen molar-refractivity contribution in [1.82, 2.24) is 4.98 Å². The van der Waals surface area contributed by atoms with Gasteiger partial charge in [-0.05, 0) is 23.1 Å². The van der Waals surface area contributed by atoms with Crippen LogP contribution in [0.4, 0.5) is 0 Å². The van der Waals surface area contributed by atoms with Crippen LogP contribution in [0.15, 0.2) is 42.2 Å². The lowest BCUT2D eigenvalue weighted by Crippen LogP contribution is -2.12. The van der Waals surface area contributed by atoms with E-state index in [2.05, 4.69) is 4.98 Å². The number of primary amides is 1. The molecule has 1 aromatic heterocycles. The van der Waals surface area contributed by atoms with Gasteiger partial charge in [-0.2, -0.15) is 5.26 Å². The molecule has 0 saturated heterocycles. The Kier molecular flexibility index (Phi) is 2.84. The highest BCUT2D eigenvalue weighted by Gasteiger charge is 2.05. The fraction of sp³-hybridized carbons (Fsp3) is 0. The van der Waals surface area contributed by atoms with Gasteiger partial charge in [0.1, 0.15) is 11.6 Å². The first-order valence-corrected chi connectivity index (χ1v) is 4.96. The molecule has 2 aromatic rings. The minimum absolute atomic E-state index is 0.0608. The van der Waals surface area contributed by atoms with Gasteiger partial charge in [0.25, 0.3) is 5.91 Å². The summed E-state index contributed by atoms with van der Waals surface area (Å²) in [6.45, 7) is 0. The van der Waals surface area contributed by atoms with Crippen LogP contribution in [0.5, 0.6) is 0 Å². The summed E-state index contributed by atoms with van der Waals surface area (Å²) in [7, 11) is 0. The molecule has 0 atom stereocenters. The molecule has 0 unspecified atom stereocenters. The number of hydrogen-bond donors (Lipinski definition) is 1. The van der Waals surface area contributed by atoms with Crippen LogP contribution in [0.2, 0.25) is 0 Å². The molecule has 0 fully saturated rings. The standard InChI is InChI=1S/C13H9N3O/c14-7-11(13(15)17)6-9-2-1-3-10-8-16-5-4-12(9)10/h1-6,8H,(H2,15,17)/b11-6+. The number of carbonyl (C=O) groups is 1. The highest BCUT2D eigenvalue weighted by molar-refractivity contribution is 6.03. The van der Waals surface area contributed by atoms with E-state index in [1.54, 1.807) is 18.5 Å². The Labute approximate surface area is 98.0 Å². The van der Waals surface area contributed by atoms with Gasteiger partial charge in [-0.25, -0.2) is 0 Å². The molecule has 1 heterocycles. The Morgan fingerprint density at radius 3 is 2.94 bits per heavy atom. The first kappa shape index (κ1) is 10.8. The SMILES string of the molecule is N#C/C(=C\c1cccc2cnccc12)C(N)=O. The number of rotatable bonds is 2. The summed E-state index contributed by atoms with van der Waals surface area (Å²) in [5.74, 6) is -0.724. The van der Waals surface area contributed by atoms with Crippen LogP contribution in [0, 0.1) is 11.3 Å². The average Bonchev–Trinajstić information content (AvgIpc) is 2.35. The Hall–Kier alpha value is -2.67. The lowest BCUT2D eigenvalue weighted by atomic mass is 10.0. The first-order chi connectivity index (χ1) is 8.22. The van der Waals surface area contributed by atoms with Gasteiger partial charge in [0, 0.05) is 17.8 Å². The molecule has 0 aliphatic carbocycles. The number of nitrogens with two attached hydrogens (primary N) is 1. The predicted molar refractivity (Wildman–Crippen MR) is 64.5 cm³/mol. The highest BCUT2D eigenvalue weighted by atomic mass is 16.1. The maximum Gasteiger partial charge on any atom is 0.259 e. The molecule has 0 spiro atoms. The zero-order valence-corrected chi connectivity index (χ0v) is 8.92. The summed E-state index contributed by atoms with van der Waals surface area (Å²) in [4.78, 5) is 15.0. The molecule has 0 bridgehead atoms. The van der Waals surface area contributed by atoms with Crippen molar-refractivity contribution >= 4 is 22.8 Å². The van der Waals surface area contributed by atoms with E-state index in [1.807, 2.05) is 24.3 Å². The van der Waals surface area contributed by atoms with Crippen LogP contribution in [0.25, 0.3) is 16.8 Å². The minimum Gasteiger partial charge on any atom is -0.365 e. The van der Waals surface area contributed by atoms with Gasteiger partial charge in [0.15, 0.2) is 0 Å². The molecule has 1 aromatic carbocycles. The molecule has 0 aliphatic heterocycles. The maximum atomic E-state index is 11.0. The molecular formula is C13H9N3O. The highest BCUT2D eigenvalue weighted by Crippen LogP contribution is 2.19. The van der Waals surface area contributed by atoms with Gasteiger partial charge in [-0.1, -0.05) is 18.2 Å². The molecule has 1 amide bonds. The lowest BCUT2D eigenvalue weighted by Gasteiger charge is -2.01. The molecule has 4 heteroatoms. The van der Waals surface area contributed by atoms with Crippen molar-refractivity contribution in [3.8, 4) is 6.07 Å². The summed E-state index contributed by atoms with van der Waals surface area (Å²) in [6, 6.07) is 9.19. The topological polar surface area (TPSA) is 79.8 Å². The van der Waals surface area contributed by atoms with Crippen LogP contribution in [-0.2, 0) is 4.79 Å². The number of pyridine rings is 1. The molecule has 0 aliphatic rings. The van der Waals surface area contributed by atoms with Gasteiger partial charge in [-0.3, -0.25) is 9.78 Å². The number of nitriles is 1. The van der Waals surface area contributed by atoms with Crippen molar-refractivity contribution in [1.29, 1.82) is 5.26 Å². The molecule has 17 heavy (non-hydrogen) atoms. The fourth-order valence-corrected chi connectivity index (χ4v) is 1.59. The Balaban J connectivity index is 2.65. The number of fused-ring (bicyclic) bond motifs is 1. The van der Waals surface area contributed by atoms with Crippen molar-refractivity contribution in [2.75, 3.05) is 0 Å². The zero-order chi connectivity index (χ0) is 12.3. The molecule has 2 N–H and O–H groups in total. The predicted octanol–water partition coefficient (Wildman–Crippen LogP) is 1.63. The second kappa shape index (κ2) is 4.45. The summed E-state index contributed by atoms with van der Waals surface area (Å²) in [5.41, 5.74) is 5.81. The Morgan fingerprint density at radius 2 is 2.24 bits per heavy atom. The van der Waals surface area contributed by atoms with Crippen LogP contribution in [0.3, 0.4) is 0 Å². The largest absolute Gasteiger partial charge is 0.365 e. The minimum atomic E-state index is -0.724. The summed E-state index contributed by atoms with van der Waals surface area (Å²) in [6.07, 6.45) is 4.88. The van der Waals surface area contributed by atoms with Gasteiger partial charge in [0.2, 0.25) is 0 Å². The molecule has 82 valence electrons. The van der Waals surface area contributed by atoms with E-state index in [0.29, 0.717) is 0 Å². The van der Waals surface area contributed by atoms with Gasteiger partial charge in [0.05, 0.1) is 0 Å². The van der Waals surface area contributed by atoms with Crippen molar-refractivity contribution in [3.05, 3.63) is 47.8 Å². The van der Waals surface area contributed by atoms with Crippen molar-refractivity contribution < 1.29 is 4.79 Å². The number of aromatic nitrogens is 1. The molecular weight excluding hydrogens is 214 g/mol. The lowest BCUT2D eigenvalue weighted by molar-refractivity contribution is -0.114. The normalized spacial score (nSPS) is 11.1. The second-order valence-electron chi connectivity index (χ2n) is 3.48. The fourth-order valence-electron chi connectivity index (χ4n) is 1.59. The molecule has 4 nitrogen and oxygen atoms in total.